The summed E-state index contributed by atoms with van der Waals surface area (Å²) in [6.45, 7) is 4.06. The largest absolute Gasteiger partial charge is 0.497 e. The molecule has 8 heteroatoms. The van der Waals surface area contributed by atoms with Gasteiger partial charge in [-0.05, 0) is 36.4 Å². The van der Waals surface area contributed by atoms with Crippen molar-refractivity contribution in [1.29, 1.82) is 0 Å². The van der Waals surface area contributed by atoms with Crippen LogP contribution >= 0.6 is 0 Å². The molecular formula is C19H22N6O2. The van der Waals surface area contributed by atoms with E-state index in [4.69, 9.17) is 9.15 Å². The van der Waals surface area contributed by atoms with Gasteiger partial charge in [0.15, 0.2) is 5.82 Å². The van der Waals surface area contributed by atoms with E-state index in [2.05, 4.69) is 42.4 Å². The maximum Gasteiger partial charge on any atom is 0.247 e. The lowest BCUT2D eigenvalue weighted by Crippen LogP contribution is -2.47. The highest BCUT2D eigenvalue weighted by Gasteiger charge is 2.20. The normalized spacial score (nSPS) is 14.3. The topological polar surface area (TPSA) is 79.5 Å². The summed E-state index contributed by atoms with van der Waals surface area (Å²) in [5, 5.41) is 11.5. The van der Waals surface area contributed by atoms with Crippen molar-refractivity contribution >= 4 is 17.5 Å². The van der Waals surface area contributed by atoms with Crippen LogP contribution in [0.15, 0.2) is 53.3 Å². The molecule has 3 heterocycles. The van der Waals surface area contributed by atoms with Crippen LogP contribution in [0.4, 0.5) is 17.5 Å². The number of furan rings is 1. The van der Waals surface area contributed by atoms with Gasteiger partial charge in [0.1, 0.15) is 11.5 Å². The third-order valence-electron chi connectivity index (χ3n) is 4.57. The zero-order valence-electron chi connectivity index (χ0n) is 15.2. The summed E-state index contributed by atoms with van der Waals surface area (Å²) in [5.41, 5.74) is 1.20. The Morgan fingerprint density at radius 3 is 2.56 bits per heavy atom. The Labute approximate surface area is 157 Å². The second kappa shape index (κ2) is 7.94. The standard InChI is InChI=1S/C19H22N6O2/c1-26-16-6-4-15(5-7-16)24-8-10-25(11-9-24)19-22-18(14-21-23-19)20-13-17-3-2-12-27-17/h2-7,12,14H,8-11,13H2,1H3,(H,20,22,23). The third kappa shape index (κ3) is 4.11. The van der Waals surface area contributed by atoms with E-state index in [9.17, 15) is 0 Å². The van der Waals surface area contributed by atoms with Crippen LogP contribution in [0.5, 0.6) is 5.75 Å². The van der Waals surface area contributed by atoms with E-state index in [1.54, 1.807) is 19.6 Å². The van der Waals surface area contributed by atoms with E-state index in [1.165, 1.54) is 5.69 Å². The SMILES string of the molecule is COc1ccc(N2CCN(c3nncc(NCc4ccco4)n3)CC2)cc1. The van der Waals surface area contributed by atoms with Crippen LogP contribution in [0.1, 0.15) is 5.76 Å². The molecule has 0 aliphatic carbocycles. The number of aromatic nitrogens is 3. The first-order chi connectivity index (χ1) is 13.3. The highest BCUT2D eigenvalue weighted by molar-refractivity contribution is 5.51. The average Bonchev–Trinajstić information content (AvgIpc) is 3.26. The predicted molar refractivity (Wildman–Crippen MR) is 103 cm³/mol. The maximum absolute atomic E-state index is 5.32. The minimum Gasteiger partial charge on any atom is -0.497 e. The molecule has 1 saturated heterocycles. The molecule has 140 valence electrons. The molecule has 3 aromatic rings. The fraction of sp³-hybridized carbons (Fsp3) is 0.316. The van der Waals surface area contributed by atoms with Gasteiger partial charge in [0.2, 0.25) is 5.95 Å². The van der Waals surface area contributed by atoms with Gasteiger partial charge < -0.3 is 24.3 Å². The van der Waals surface area contributed by atoms with Crippen molar-refractivity contribution in [3.05, 3.63) is 54.6 Å². The van der Waals surface area contributed by atoms with Crippen molar-refractivity contribution in [3.8, 4) is 5.75 Å². The minimum atomic E-state index is 0.566. The van der Waals surface area contributed by atoms with Crippen LogP contribution in [-0.2, 0) is 6.54 Å². The molecule has 27 heavy (non-hydrogen) atoms. The van der Waals surface area contributed by atoms with Gasteiger partial charge in [-0.25, -0.2) is 0 Å². The van der Waals surface area contributed by atoms with Gasteiger partial charge in [0, 0.05) is 31.9 Å². The van der Waals surface area contributed by atoms with Gasteiger partial charge >= 0.3 is 0 Å². The van der Waals surface area contributed by atoms with E-state index < -0.39 is 0 Å². The molecule has 0 radical (unpaired) electrons. The van der Waals surface area contributed by atoms with Gasteiger partial charge in [-0.1, -0.05) is 0 Å². The summed E-state index contributed by atoms with van der Waals surface area (Å²) in [6, 6.07) is 11.9. The minimum absolute atomic E-state index is 0.566. The monoisotopic (exact) mass is 366 g/mol. The van der Waals surface area contributed by atoms with Crippen molar-refractivity contribution in [2.45, 2.75) is 6.54 Å². The van der Waals surface area contributed by atoms with Gasteiger partial charge in [-0.3, -0.25) is 0 Å². The molecule has 1 aliphatic rings. The summed E-state index contributed by atoms with van der Waals surface area (Å²) >= 11 is 0. The summed E-state index contributed by atoms with van der Waals surface area (Å²) in [6.07, 6.45) is 3.28. The predicted octanol–water partition coefficient (Wildman–Crippen LogP) is 2.41. The molecule has 1 fully saturated rings. The molecule has 8 nitrogen and oxygen atoms in total. The number of hydrogen-bond donors (Lipinski definition) is 1. The first kappa shape index (κ1) is 17.1. The lowest BCUT2D eigenvalue weighted by atomic mass is 10.2. The van der Waals surface area contributed by atoms with Gasteiger partial charge in [0.05, 0.1) is 26.1 Å². The van der Waals surface area contributed by atoms with E-state index >= 15 is 0 Å². The summed E-state index contributed by atoms with van der Waals surface area (Å²) < 4.78 is 10.5. The highest BCUT2D eigenvalue weighted by atomic mass is 16.5. The number of hydrogen-bond acceptors (Lipinski definition) is 8. The Balaban J connectivity index is 1.35. The van der Waals surface area contributed by atoms with Crippen LogP contribution in [0, 0.1) is 0 Å². The summed E-state index contributed by atoms with van der Waals surface area (Å²) in [4.78, 5) is 9.09. The highest BCUT2D eigenvalue weighted by Crippen LogP contribution is 2.21. The summed E-state index contributed by atoms with van der Waals surface area (Å²) in [7, 11) is 1.68. The molecule has 0 bridgehead atoms. The number of anilines is 3. The quantitative estimate of drug-likeness (QED) is 0.712. The molecule has 1 aromatic carbocycles. The lowest BCUT2D eigenvalue weighted by molar-refractivity contribution is 0.415. The molecule has 4 rings (SSSR count). The Hall–Kier alpha value is -3.29. The number of nitrogens with zero attached hydrogens (tertiary/aromatic N) is 5. The Morgan fingerprint density at radius 2 is 1.85 bits per heavy atom. The van der Waals surface area contributed by atoms with Crippen molar-refractivity contribution in [3.63, 3.8) is 0 Å². The molecule has 1 N–H and O–H groups in total. The van der Waals surface area contributed by atoms with Gasteiger partial charge in [-0.2, -0.15) is 10.1 Å². The van der Waals surface area contributed by atoms with Crippen LogP contribution in [0.25, 0.3) is 0 Å². The first-order valence-electron chi connectivity index (χ1n) is 8.92. The van der Waals surface area contributed by atoms with Crippen molar-refractivity contribution in [2.24, 2.45) is 0 Å². The van der Waals surface area contributed by atoms with Crippen LogP contribution in [0.2, 0.25) is 0 Å². The lowest BCUT2D eigenvalue weighted by Gasteiger charge is -2.36. The van der Waals surface area contributed by atoms with E-state index in [0.717, 1.165) is 37.7 Å². The molecule has 2 aromatic heterocycles. The second-order valence-electron chi connectivity index (χ2n) is 6.25. The number of methoxy groups -OCH3 is 1. The number of piperazine rings is 1. The average molecular weight is 366 g/mol. The van der Waals surface area contributed by atoms with Crippen molar-refractivity contribution in [1.82, 2.24) is 15.2 Å². The smallest absolute Gasteiger partial charge is 0.247 e. The molecule has 1 aliphatic heterocycles. The first-order valence-corrected chi connectivity index (χ1v) is 8.92. The fourth-order valence-corrected chi connectivity index (χ4v) is 3.06. The van der Waals surface area contributed by atoms with Gasteiger partial charge in [0.25, 0.3) is 0 Å². The number of nitrogens with one attached hydrogen (secondary N) is 1. The number of rotatable bonds is 6. The molecule has 0 unspecified atom stereocenters. The number of benzene rings is 1. The molecular weight excluding hydrogens is 344 g/mol. The zero-order valence-corrected chi connectivity index (χ0v) is 15.2. The molecule has 0 atom stereocenters. The number of ether oxygens (including phenoxy) is 1. The Kier molecular flexibility index (Phi) is 5.04. The van der Waals surface area contributed by atoms with Crippen molar-refractivity contribution in [2.75, 3.05) is 48.4 Å². The van der Waals surface area contributed by atoms with Crippen LogP contribution in [0.3, 0.4) is 0 Å². The Bertz CT molecular complexity index is 845. The van der Waals surface area contributed by atoms with Gasteiger partial charge in [-0.15, -0.1) is 5.10 Å². The molecule has 0 spiro atoms. The van der Waals surface area contributed by atoms with Crippen molar-refractivity contribution < 1.29 is 9.15 Å². The molecule has 0 saturated carbocycles. The Morgan fingerprint density at radius 1 is 1.07 bits per heavy atom. The summed E-state index contributed by atoms with van der Waals surface area (Å²) in [5.74, 6) is 3.06. The van der Waals surface area contributed by atoms with Crippen LogP contribution in [-0.4, -0.2) is 48.5 Å². The fourth-order valence-electron chi connectivity index (χ4n) is 3.06. The van der Waals surface area contributed by atoms with E-state index in [1.807, 2.05) is 24.3 Å². The maximum atomic E-state index is 5.32. The van der Waals surface area contributed by atoms with E-state index in [0.29, 0.717) is 18.3 Å². The third-order valence-corrected chi connectivity index (χ3v) is 4.57. The second-order valence-corrected chi connectivity index (χ2v) is 6.25. The zero-order chi connectivity index (χ0) is 18.5. The van der Waals surface area contributed by atoms with E-state index in [-0.39, 0.29) is 0 Å². The van der Waals surface area contributed by atoms with Crippen LogP contribution < -0.4 is 19.9 Å². The molecule has 0 amide bonds.